The molecule has 0 saturated heterocycles. The molecule has 1 amide bonds. The number of hydrogen-bond donors (Lipinski definition) is 1. The molecule has 8 heteroatoms. The third-order valence-corrected chi connectivity index (χ3v) is 4.18. The van der Waals surface area contributed by atoms with Gasteiger partial charge < -0.3 is 14.5 Å². The Hall–Kier alpha value is -3.13. The first-order valence-corrected chi connectivity index (χ1v) is 8.62. The molecule has 27 heavy (non-hydrogen) atoms. The molecule has 0 spiro atoms. The molecule has 0 aliphatic rings. The first kappa shape index (κ1) is 18.7. The van der Waals surface area contributed by atoms with Crippen LogP contribution in [0.15, 0.2) is 56.7 Å². The third-order valence-electron chi connectivity index (χ3n) is 4.18. The lowest BCUT2D eigenvalue weighted by atomic mass is 10.2. The van der Waals surface area contributed by atoms with Crippen molar-refractivity contribution in [3.8, 4) is 0 Å². The highest BCUT2D eigenvalue weighted by Crippen LogP contribution is 2.08. The van der Waals surface area contributed by atoms with E-state index in [9.17, 15) is 14.4 Å². The number of benzene rings is 1. The first-order chi connectivity index (χ1) is 13.1. The fourth-order valence-electron chi connectivity index (χ4n) is 2.87. The molecule has 3 rings (SSSR count). The first-order valence-electron chi connectivity index (χ1n) is 8.62. The standard InChI is InChI=1S/C19H21N3O5/c1-26-10-5-9-20-17(23)13-21-16-8-3-2-7-15(16)18(24)22(19(21)25)12-14-6-4-11-27-14/h2-4,6-8,11H,5,9-10,12-13H2,1H3,(H,20,23). The summed E-state index contributed by atoms with van der Waals surface area (Å²) in [5.74, 6) is 0.182. The van der Waals surface area contributed by atoms with Crippen molar-refractivity contribution in [3.63, 3.8) is 0 Å². The zero-order chi connectivity index (χ0) is 19.2. The minimum absolute atomic E-state index is 0.00492. The summed E-state index contributed by atoms with van der Waals surface area (Å²) in [5, 5.41) is 3.12. The van der Waals surface area contributed by atoms with Gasteiger partial charge in [0.25, 0.3) is 5.56 Å². The maximum Gasteiger partial charge on any atom is 0.332 e. The normalized spacial score (nSPS) is 11.0. The summed E-state index contributed by atoms with van der Waals surface area (Å²) in [5.41, 5.74) is -0.541. The molecule has 0 aliphatic carbocycles. The molecular weight excluding hydrogens is 350 g/mol. The number of rotatable bonds is 8. The van der Waals surface area contributed by atoms with Crippen LogP contribution in [0.2, 0.25) is 0 Å². The zero-order valence-corrected chi connectivity index (χ0v) is 15.0. The fraction of sp³-hybridized carbons (Fsp3) is 0.316. The van der Waals surface area contributed by atoms with E-state index < -0.39 is 11.2 Å². The highest BCUT2D eigenvalue weighted by Gasteiger charge is 2.16. The van der Waals surface area contributed by atoms with Crippen LogP contribution >= 0.6 is 0 Å². The number of methoxy groups -OCH3 is 1. The molecule has 0 unspecified atom stereocenters. The summed E-state index contributed by atoms with van der Waals surface area (Å²) in [4.78, 5) is 37.9. The summed E-state index contributed by atoms with van der Waals surface area (Å²) in [6.45, 7) is 0.818. The van der Waals surface area contributed by atoms with Crippen molar-refractivity contribution in [1.82, 2.24) is 14.5 Å². The van der Waals surface area contributed by atoms with Crippen molar-refractivity contribution in [2.75, 3.05) is 20.3 Å². The summed E-state index contributed by atoms with van der Waals surface area (Å²) in [6, 6.07) is 10.1. The molecular formula is C19H21N3O5. The van der Waals surface area contributed by atoms with Gasteiger partial charge in [0.1, 0.15) is 12.3 Å². The summed E-state index contributed by atoms with van der Waals surface area (Å²) in [6.07, 6.45) is 2.16. The zero-order valence-electron chi connectivity index (χ0n) is 15.0. The molecule has 0 saturated carbocycles. The molecule has 1 aromatic carbocycles. The predicted octanol–water partition coefficient (Wildman–Crippen LogP) is 0.957. The van der Waals surface area contributed by atoms with Gasteiger partial charge in [-0.05, 0) is 30.7 Å². The van der Waals surface area contributed by atoms with Gasteiger partial charge in [-0.3, -0.25) is 18.7 Å². The lowest BCUT2D eigenvalue weighted by Gasteiger charge is -2.13. The average Bonchev–Trinajstić information content (AvgIpc) is 3.19. The van der Waals surface area contributed by atoms with E-state index in [0.717, 1.165) is 4.57 Å². The van der Waals surface area contributed by atoms with Gasteiger partial charge in [0.05, 0.1) is 23.7 Å². The van der Waals surface area contributed by atoms with Gasteiger partial charge in [0, 0.05) is 20.3 Å². The number of amides is 1. The fourth-order valence-corrected chi connectivity index (χ4v) is 2.87. The van der Waals surface area contributed by atoms with Crippen LogP contribution in [0.4, 0.5) is 0 Å². The molecule has 8 nitrogen and oxygen atoms in total. The number of aromatic nitrogens is 2. The Labute approximate surface area is 155 Å². The number of nitrogens with zero attached hydrogens (tertiary/aromatic N) is 2. The van der Waals surface area contributed by atoms with Gasteiger partial charge in [0.15, 0.2) is 0 Å². The highest BCUT2D eigenvalue weighted by molar-refractivity contribution is 5.81. The summed E-state index contributed by atoms with van der Waals surface area (Å²) >= 11 is 0. The number of hydrogen-bond acceptors (Lipinski definition) is 5. The van der Waals surface area contributed by atoms with Crippen molar-refractivity contribution < 1.29 is 13.9 Å². The summed E-state index contributed by atoms with van der Waals surface area (Å²) in [7, 11) is 1.59. The Morgan fingerprint density at radius 2 is 1.96 bits per heavy atom. The van der Waals surface area contributed by atoms with Crippen molar-refractivity contribution >= 4 is 16.8 Å². The van der Waals surface area contributed by atoms with Crippen molar-refractivity contribution in [2.45, 2.75) is 19.5 Å². The lowest BCUT2D eigenvalue weighted by molar-refractivity contribution is -0.121. The second-order valence-corrected chi connectivity index (χ2v) is 6.05. The molecule has 0 aliphatic heterocycles. The number of para-hydroxylation sites is 1. The second kappa shape index (κ2) is 8.50. The van der Waals surface area contributed by atoms with Crippen LogP contribution in [-0.4, -0.2) is 35.3 Å². The van der Waals surface area contributed by atoms with Crippen LogP contribution < -0.4 is 16.6 Å². The molecule has 2 aromatic heterocycles. The van der Waals surface area contributed by atoms with E-state index in [1.54, 1.807) is 43.5 Å². The smallest absolute Gasteiger partial charge is 0.332 e. The number of fused-ring (bicyclic) bond motifs is 1. The van der Waals surface area contributed by atoms with Gasteiger partial charge in [0.2, 0.25) is 5.91 Å². The van der Waals surface area contributed by atoms with Crippen molar-refractivity contribution in [2.24, 2.45) is 0 Å². The molecule has 0 atom stereocenters. The molecule has 142 valence electrons. The highest BCUT2D eigenvalue weighted by atomic mass is 16.5. The quantitative estimate of drug-likeness (QED) is 0.595. The van der Waals surface area contributed by atoms with Gasteiger partial charge in [-0.2, -0.15) is 0 Å². The maximum absolute atomic E-state index is 12.9. The third kappa shape index (κ3) is 4.17. The minimum atomic E-state index is -0.554. The monoisotopic (exact) mass is 371 g/mol. The Morgan fingerprint density at radius 1 is 1.15 bits per heavy atom. The molecule has 2 heterocycles. The SMILES string of the molecule is COCCCNC(=O)Cn1c(=O)n(Cc2ccco2)c(=O)c2ccccc21. The Morgan fingerprint density at radius 3 is 2.70 bits per heavy atom. The van der Waals surface area contributed by atoms with Gasteiger partial charge in [-0.1, -0.05) is 12.1 Å². The molecule has 0 radical (unpaired) electrons. The van der Waals surface area contributed by atoms with E-state index in [2.05, 4.69) is 5.32 Å². The van der Waals surface area contributed by atoms with Crippen LogP contribution in [0.3, 0.4) is 0 Å². The topological polar surface area (TPSA) is 95.5 Å². The average molecular weight is 371 g/mol. The predicted molar refractivity (Wildman–Crippen MR) is 99.8 cm³/mol. The van der Waals surface area contributed by atoms with E-state index in [0.29, 0.717) is 36.2 Å². The van der Waals surface area contributed by atoms with Crippen molar-refractivity contribution in [3.05, 3.63) is 69.3 Å². The Kier molecular flexibility index (Phi) is 5.87. The largest absolute Gasteiger partial charge is 0.467 e. The number of nitrogens with one attached hydrogen (secondary N) is 1. The number of carbonyl (C=O) groups is 1. The van der Waals surface area contributed by atoms with Crippen LogP contribution in [0.5, 0.6) is 0 Å². The lowest BCUT2D eigenvalue weighted by Crippen LogP contribution is -2.43. The van der Waals surface area contributed by atoms with Gasteiger partial charge in [-0.25, -0.2) is 4.79 Å². The van der Waals surface area contributed by atoms with E-state index in [-0.39, 0.29) is 19.0 Å². The van der Waals surface area contributed by atoms with Crippen LogP contribution in [0, 0.1) is 0 Å². The van der Waals surface area contributed by atoms with E-state index >= 15 is 0 Å². The maximum atomic E-state index is 12.9. The minimum Gasteiger partial charge on any atom is -0.467 e. The van der Waals surface area contributed by atoms with Crippen LogP contribution in [0.1, 0.15) is 12.2 Å². The Bertz CT molecular complexity index is 1030. The van der Waals surface area contributed by atoms with Crippen LogP contribution in [-0.2, 0) is 22.6 Å². The van der Waals surface area contributed by atoms with Gasteiger partial charge >= 0.3 is 5.69 Å². The van der Waals surface area contributed by atoms with Gasteiger partial charge in [-0.15, -0.1) is 0 Å². The number of furan rings is 1. The molecule has 1 N–H and O–H groups in total. The van der Waals surface area contributed by atoms with Crippen molar-refractivity contribution in [1.29, 1.82) is 0 Å². The Balaban J connectivity index is 1.97. The summed E-state index contributed by atoms with van der Waals surface area (Å²) < 4.78 is 12.6. The number of ether oxygens (including phenoxy) is 1. The molecule has 0 fully saturated rings. The van der Waals surface area contributed by atoms with E-state index in [1.807, 2.05) is 0 Å². The number of carbonyl (C=O) groups excluding carboxylic acids is 1. The van der Waals surface area contributed by atoms with E-state index in [1.165, 1.54) is 10.8 Å². The molecule has 0 bridgehead atoms. The van der Waals surface area contributed by atoms with Crippen LogP contribution in [0.25, 0.3) is 10.9 Å². The van der Waals surface area contributed by atoms with E-state index in [4.69, 9.17) is 9.15 Å². The second-order valence-electron chi connectivity index (χ2n) is 6.05. The molecule has 3 aromatic rings.